The van der Waals surface area contributed by atoms with Crippen LogP contribution in [-0.4, -0.2) is 16.5 Å². The Morgan fingerprint density at radius 1 is 1.35 bits per heavy atom. The van der Waals surface area contributed by atoms with Crippen LogP contribution >= 0.6 is 50.8 Å². The topological polar surface area (TPSA) is 49.6 Å². The molecule has 0 saturated heterocycles. The van der Waals surface area contributed by atoms with Gasteiger partial charge in [0.1, 0.15) is 0 Å². The molecule has 0 saturated carbocycles. The molecule has 0 N–H and O–H groups in total. The maximum absolute atomic E-state index is 8.78. The number of hydrogen-bond donors (Lipinski definition) is 0. The standard InChI is InChI=1S/C10H6BrN3S3/c1-15-9-13-14-10(17-9)16-8-3-2-6(5-12)4-7(8)11/h2-4H,1H3. The van der Waals surface area contributed by atoms with Crippen LogP contribution in [0.1, 0.15) is 5.56 Å². The molecule has 86 valence electrons. The average molecular weight is 344 g/mol. The highest BCUT2D eigenvalue weighted by molar-refractivity contribution is 9.10. The lowest BCUT2D eigenvalue weighted by Gasteiger charge is -2.00. The highest BCUT2D eigenvalue weighted by Crippen LogP contribution is 2.36. The fourth-order valence-corrected chi connectivity index (χ4v) is 4.09. The summed E-state index contributed by atoms with van der Waals surface area (Å²) >= 11 is 8.14. The van der Waals surface area contributed by atoms with Crippen molar-refractivity contribution in [3.63, 3.8) is 0 Å². The SMILES string of the molecule is CSc1nnc(Sc2ccc(C#N)cc2Br)s1. The van der Waals surface area contributed by atoms with Crippen LogP contribution < -0.4 is 0 Å². The molecule has 0 spiro atoms. The van der Waals surface area contributed by atoms with E-state index in [0.717, 1.165) is 18.0 Å². The Morgan fingerprint density at radius 2 is 2.12 bits per heavy atom. The molecule has 1 heterocycles. The molecular formula is C10H6BrN3S3. The second kappa shape index (κ2) is 5.87. The Kier molecular flexibility index (Phi) is 4.45. The lowest BCUT2D eigenvalue weighted by molar-refractivity contribution is 0.955. The first-order valence-corrected chi connectivity index (χ1v) is 8.13. The summed E-state index contributed by atoms with van der Waals surface area (Å²) in [7, 11) is 0. The van der Waals surface area contributed by atoms with Crippen molar-refractivity contribution in [1.29, 1.82) is 5.26 Å². The predicted octanol–water partition coefficient (Wildman–Crippen LogP) is 4.05. The molecule has 2 aromatic rings. The fourth-order valence-electron chi connectivity index (χ4n) is 1.07. The molecule has 0 aliphatic carbocycles. The molecule has 0 aliphatic rings. The van der Waals surface area contributed by atoms with E-state index < -0.39 is 0 Å². The summed E-state index contributed by atoms with van der Waals surface area (Å²) < 4.78 is 2.76. The molecule has 0 amide bonds. The van der Waals surface area contributed by atoms with E-state index in [-0.39, 0.29) is 0 Å². The Morgan fingerprint density at radius 3 is 2.71 bits per heavy atom. The lowest BCUT2D eigenvalue weighted by Crippen LogP contribution is -1.79. The molecular weight excluding hydrogens is 338 g/mol. The van der Waals surface area contributed by atoms with Crippen molar-refractivity contribution in [2.24, 2.45) is 0 Å². The van der Waals surface area contributed by atoms with Gasteiger partial charge in [-0.3, -0.25) is 0 Å². The molecule has 1 aromatic carbocycles. The third-order valence-electron chi connectivity index (χ3n) is 1.82. The van der Waals surface area contributed by atoms with E-state index in [2.05, 4.69) is 32.2 Å². The second-order valence-corrected chi connectivity index (χ2v) is 7.07. The summed E-state index contributed by atoms with van der Waals surface area (Å²) in [4.78, 5) is 1.04. The van der Waals surface area contributed by atoms with Crippen molar-refractivity contribution in [2.45, 2.75) is 13.6 Å². The van der Waals surface area contributed by atoms with Crippen LogP contribution in [0.4, 0.5) is 0 Å². The number of benzene rings is 1. The number of rotatable bonds is 3. The largest absolute Gasteiger partial charge is 0.192 e. The molecule has 0 atom stereocenters. The van der Waals surface area contributed by atoms with Crippen molar-refractivity contribution < 1.29 is 0 Å². The predicted molar refractivity (Wildman–Crippen MR) is 74.7 cm³/mol. The van der Waals surface area contributed by atoms with E-state index in [1.807, 2.05) is 12.3 Å². The molecule has 2 rings (SSSR count). The van der Waals surface area contributed by atoms with Gasteiger partial charge in [-0.15, -0.1) is 10.2 Å². The average Bonchev–Trinajstić information content (AvgIpc) is 2.79. The quantitative estimate of drug-likeness (QED) is 0.787. The lowest BCUT2D eigenvalue weighted by atomic mass is 10.2. The number of halogens is 1. The number of nitrogens with zero attached hydrogens (tertiary/aromatic N) is 3. The van der Waals surface area contributed by atoms with Gasteiger partial charge in [-0.05, 0) is 40.4 Å². The van der Waals surface area contributed by atoms with Crippen LogP contribution in [0.2, 0.25) is 0 Å². The van der Waals surface area contributed by atoms with Crippen LogP contribution in [0, 0.1) is 11.3 Å². The molecule has 7 heteroatoms. The van der Waals surface area contributed by atoms with E-state index in [0.29, 0.717) is 5.56 Å². The van der Waals surface area contributed by atoms with Gasteiger partial charge in [0.2, 0.25) is 0 Å². The molecule has 17 heavy (non-hydrogen) atoms. The van der Waals surface area contributed by atoms with Gasteiger partial charge in [-0.25, -0.2) is 0 Å². The van der Waals surface area contributed by atoms with Gasteiger partial charge < -0.3 is 0 Å². The smallest absolute Gasteiger partial charge is 0.179 e. The first kappa shape index (κ1) is 12.9. The maximum Gasteiger partial charge on any atom is 0.179 e. The minimum Gasteiger partial charge on any atom is -0.192 e. The van der Waals surface area contributed by atoms with Crippen LogP contribution in [0.15, 0.2) is 36.2 Å². The van der Waals surface area contributed by atoms with Crippen molar-refractivity contribution in [2.75, 3.05) is 6.26 Å². The summed E-state index contributed by atoms with van der Waals surface area (Å²) in [6.07, 6.45) is 1.98. The van der Waals surface area contributed by atoms with Crippen LogP contribution in [0.5, 0.6) is 0 Å². The minimum absolute atomic E-state index is 0.642. The minimum atomic E-state index is 0.642. The number of thioether (sulfide) groups is 1. The van der Waals surface area contributed by atoms with Crippen LogP contribution in [0.25, 0.3) is 0 Å². The zero-order chi connectivity index (χ0) is 12.3. The van der Waals surface area contributed by atoms with Gasteiger partial charge in [0, 0.05) is 9.37 Å². The van der Waals surface area contributed by atoms with Crippen molar-refractivity contribution in [1.82, 2.24) is 10.2 Å². The summed E-state index contributed by atoms with van der Waals surface area (Å²) in [6, 6.07) is 7.61. The molecule has 1 aromatic heterocycles. The van der Waals surface area contributed by atoms with Gasteiger partial charge in [0.05, 0.1) is 11.6 Å². The zero-order valence-electron chi connectivity index (χ0n) is 8.68. The van der Waals surface area contributed by atoms with Gasteiger partial charge >= 0.3 is 0 Å². The molecule has 0 unspecified atom stereocenters. The summed E-state index contributed by atoms with van der Waals surface area (Å²) in [6.45, 7) is 0. The Balaban J connectivity index is 2.21. The third-order valence-corrected chi connectivity index (χ3v) is 5.76. The Labute approximate surface area is 120 Å². The van der Waals surface area contributed by atoms with Gasteiger partial charge in [0.25, 0.3) is 0 Å². The highest BCUT2D eigenvalue weighted by Gasteiger charge is 2.08. The van der Waals surface area contributed by atoms with Gasteiger partial charge in [-0.1, -0.05) is 34.9 Å². The van der Waals surface area contributed by atoms with E-state index >= 15 is 0 Å². The van der Waals surface area contributed by atoms with Crippen LogP contribution in [0.3, 0.4) is 0 Å². The van der Waals surface area contributed by atoms with Crippen molar-refractivity contribution >= 4 is 50.8 Å². The van der Waals surface area contributed by atoms with E-state index in [9.17, 15) is 0 Å². The van der Waals surface area contributed by atoms with Gasteiger partial charge in [-0.2, -0.15) is 5.26 Å². The van der Waals surface area contributed by atoms with Crippen LogP contribution in [-0.2, 0) is 0 Å². The molecule has 0 radical (unpaired) electrons. The second-order valence-electron chi connectivity index (χ2n) is 2.90. The van der Waals surface area contributed by atoms with E-state index in [1.54, 1.807) is 47.0 Å². The molecule has 3 nitrogen and oxygen atoms in total. The third kappa shape index (κ3) is 3.22. The first-order chi connectivity index (χ1) is 8.22. The summed E-state index contributed by atoms with van der Waals surface area (Å²) in [5.74, 6) is 0. The highest BCUT2D eigenvalue weighted by atomic mass is 79.9. The normalized spacial score (nSPS) is 10.2. The van der Waals surface area contributed by atoms with E-state index in [4.69, 9.17) is 5.26 Å². The Bertz CT molecular complexity index is 576. The Hall–Kier alpha value is -0.550. The molecule has 0 bridgehead atoms. The van der Waals surface area contributed by atoms with Gasteiger partial charge in [0.15, 0.2) is 8.68 Å². The van der Waals surface area contributed by atoms with Crippen molar-refractivity contribution in [3.8, 4) is 6.07 Å². The molecule has 0 aliphatic heterocycles. The monoisotopic (exact) mass is 343 g/mol. The number of hydrogen-bond acceptors (Lipinski definition) is 6. The fraction of sp³-hybridized carbons (Fsp3) is 0.100. The van der Waals surface area contributed by atoms with Crippen molar-refractivity contribution in [3.05, 3.63) is 28.2 Å². The number of nitriles is 1. The maximum atomic E-state index is 8.78. The summed E-state index contributed by atoms with van der Waals surface area (Å²) in [5.41, 5.74) is 0.642. The van der Waals surface area contributed by atoms with E-state index in [1.165, 1.54) is 0 Å². The zero-order valence-corrected chi connectivity index (χ0v) is 12.7. The summed E-state index contributed by atoms with van der Waals surface area (Å²) in [5, 5.41) is 16.9. The first-order valence-electron chi connectivity index (χ1n) is 4.48. The number of aromatic nitrogens is 2. The molecule has 0 fully saturated rings.